The fraction of sp³-hybridized carbons (Fsp3) is 0.143. The molecule has 0 saturated heterocycles. The van der Waals surface area contributed by atoms with Crippen molar-refractivity contribution >= 4 is 10.9 Å². The molecule has 0 spiro atoms. The van der Waals surface area contributed by atoms with E-state index in [-0.39, 0.29) is 0 Å². The lowest BCUT2D eigenvalue weighted by molar-refractivity contribution is 0.340. The van der Waals surface area contributed by atoms with Gasteiger partial charge in [0.25, 0.3) is 11.8 Å². The van der Waals surface area contributed by atoms with Crippen LogP contribution >= 0.6 is 0 Å². The third kappa shape index (κ3) is 1.99. The van der Waals surface area contributed by atoms with Crippen molar-refractivity contribution in [3.05, 3.63) is 36.5 Å². The summed E-state index contributed by atoms with van der Waals surface area (Å²) >= 11 is 0. The van der Waals surface area contributed by atoms with Gasteiger partial charge in [-0.15, -0.1) is 0 Å². The maximum absolute atomic E-state index is 5.17. The minimum atomic E-state index is 0.448. The highest BCUT2D eigenvalue weighted by atomic mass is 16.5. The van der Waals surface area contributed by atoms with Crippen LogP contribution in [-0.2, 0) is 0 Å². The number of rotatable bonds is 3. The van der Waals surface area contributed by atoms with Crippen LogP contribution in [0.4, 0.5) is 0 Å². The molecule has 1 aromatic carbocycles. The summed E-state index contributed by atoms with van der Waals surface area (Å²) in [5.74, 6) is 1.67. The first-order valence-corrected chi connectivity index (χ1v) is 5.85. The van der Waals surface area contributed by atoms with Crippen molar-refractivity contribution < 1.29 is 9.47 Å². The van der Waals surface area contributed by atoms with Gasteiger partial charge in [-0.1, -0.05) is 6.07 Å². The summed E-state index contributed by atoms with van der Waals surface area (Å²) in [5, 5.41) is 1.06. The van der Waals surface area contributed by atoms with Crippen LogP contribution in [0.25, 0.3) is 22.3 Å². The fourth-order valence-corrected chi connectivity index (χ4v) is 1.98. The average molecular weight is 255 g/mol. The molecule has 0 atom stereocenters. The smallest absolute Gasteiger partial charge is 0.277 e. The third-order valence-electron chi connectivity index (χ3n) is 2.91. The van der Waals surface area contributed by atoms with Crippen LogP contribution in [0.5, 0.6) is 11.8 Å². The quantitative estimate of drug-likeness (QED) is 0.781. The van der Waals surface area contributed by atoms with E-state index in [2.05, 4.69) is 15.0 Å². The second-order valence-corrected chi connectivity index (χ2v) is 4.04. The number of aromatic nitrogens is 3. The molecule has 0 bridgehead atoms. The van der Waals surface area contributed by atoms with E-state index in [0.29, 0.717) is 17.6 Å². The Hall–Kier alpha value is -2.56. The molecule has 5 nitrogen and oxygen atoms in total. The van der Waals surface area contributed by atoms with Gasteiger partial charge in [0.2, 0.25) is 0 Å². The number of imidazole rings is 1. The molecule has 0 amide bonds. The first kappa shape index (κ1) is 11.5. The van der Waals surface area contributed by atoms with Crippen molar-refractivity contribution in [2.45, 2.75) is 0 Å². The molecule has 1 N–H and O–H groups in total. The first-order valence-electron chi connectivity index (χ1n) is 5.85. The number of fused-ring (bicyclic) bond motifs is 1. The standard InChI is InChI=1S/C14H13N3O2/c1-18-13-14(19-2)17-12(16-13)10-5-6-11-9(8-10)4-3-7-15-11/h3-8H,1-2H3,(H,16,17). The summed E-state index contributed by atoms with van der Waals surface area (Å²) in [5.41, 5.74) is 1.92. The molecule has 3 aromatic rings. The molecule has 0 aliphatic heterocycles. The van der Waals surface area contributed by atoms with Crippen molar-refractivity contribution in [2.24, 2.45) is 0 Å². The minimum absolute atomic E-state index is 0.448. The second-order valence-electron chi connectivity index (χ2n) is 4.04. The van der Waals surface area contributed by atoms with Crippen LogP contribution in [0.15, 0.2) is 36.5 Å². The van der Waals surface area contributed by atoms with E-state index in [1.54, 1.807) is 20.4 Å². The van der Waals surface area contributed by atoms with Crippen LogP contribution in [0, 0.1) is 0 Å². The van der Waals surface area contributed by atoms with Gasteiger partial charge in [0.05, 0.1) is 19.7 Å². The molecular weight excluding hydrogens is 242 g/mol. The Kier molecular flexibility index (Phi) is 2.79. The van der Waals surface area contributed by atoms with E-state index < -0.39 is 0 Å². The molecule has 2 heterocycles. The summed E-state index contributed by atoms with van der Waals surface area (Å²) < 4.78 is 10.3. The Balaban J connectivity index is 2.10. The monoisotopic (exact) mass is 255 g/mol. The average Bonchev–Trinajstić information content (AvgIpc) is 2.90. The zero-order valence-corrected chi connectivity index (χ0v) is 10.7. The largest absolute Gasteiger partial charge is 0.478 e. The summed E-state index contributed by atoms with van der Waals surface area (Å²) in [6.45, 7) is 0. The van der Waals surface area contributed by atoms with E-state index in [1.165, 1.54) is 0 Å². The van der Waals surface area contributed by atoms with Gasteiger partial charge in [0.1, 0.15) is 5.82 Å². The Morgan fingerprint density at radius 3 is 2.74 bits per heavy atom. The number of ether oxygens (including phenoxy) is 2. The number of pyridine rings is 1. The molecule has 2 aromatic heterocycles. The molecule has 0 aliphatic carbocycles. The molecule has 3 rings (SSSR count). The lowest BCUT2D eigenvalue weighted by Gasteiger charge is -1.99. The van der Waals surface area contributed by atoms with Crippen LogP contribution in [0.2, 0.25) is 0 Å². The number of aromatic amines is 1. The molecule has 5 heteroatoms. The van der Waals surface area contributed by atoms with E-state index in [1.807, 2.05) is 30.3 Å². The Morgan fingerprint density at radius 1 is 1.11 bits per heavy atom. The summed E-state index contributed by atoms with van der Waals surface area (Å²) in [6.07, 6.45) is 1.78. The zero-order valence-electron chi connectivity index (χ0n) is 10.7. The highest BCUT2D eigenvalue weighted by molar-refractivity contribution is 5.83. The maximum Gasteiger partial charge on any atom is 0.277 e. The van der Waals surface area contributed by atoms with Crippen molar-refractivity contribution in [1.82, 2.24) is 15.0 Å². The summed E-state index contributed by atoms with van der Waals surface area (Å²) in [7, 11) is 3.14. The van der Waals surface area contributed by atoms with Crippen LogP contribution < -0.4 is 9.47 Å². The van der Waals surface area contributed by atoms with Crippen LogP contribution in [-0.4, -0.2) is 29.2 Å². The maximum atomic E-state index is 5.17. The number of benzene rings is 1. The number of nitrogens with zero attached hydrogens (tertiary/aromatic N) is 2. The van der Waals surface area contributed by atoms with Crippen molar-refractivity contribution in [2.75, 3.05) is 14.2 Å². The second kappa shape index (κ2) is 4.61. The van der Waals surface area contributed by atoms with Crippen molar-refractivity contribution in [3.63, 3.8) is 0 Å². The number of hydrogen-bond donors (Lipinski definition) is 1. The van der Waals surface area contributed by atoms with Gasteiger partial charge in [0, 0.05) is 17.1 Å². The summed E-state index contributed by atoms with van der Waals surface area (Å²) in [6, 6.07) is 9.89. The van der Waals surface area contributed by atoms with Crippen LogP contribution in [0.3, 0.4) is 0 Å². The molecule has 96 valence electrons. The molecule has 0 radical (unpaired) electrons. The third-order valence-corrected chi connectivity index (χ3v) is 2.91. The van der Waals surface area contributed by atoms with Gasteiger partial charge in [-0.05, 0) is 24.3 Å². The molecule has 0 aliphatic rings. The van der Waals surface area contributed by atoms with Gasteiger partial charge in [0.15, 0.2) is 0 Å². The number of methoxy groups -OCH3 is 2. The van der Waals surface area contributed by atoms with Gasteiger partial charge >= 0.3 is 0 Å². The van der Waals surface area contributed by atoms with Crippen LogP contribution in [0.1, 0.15) is 0 Å². The lowest BCUT2D eigenvalue weighted by Crippen LogP contribution is -1.87. The van der Waals surface area contributed by atoms with E-state index >= 15 is 0 Å². The highest BCUT2D eigenvalue weighted by Gasteiger charge is 2.12. The minimum Gasteiger partial charge on any atom is -0.478 e. The number of H-pyrrole nitrogens is 1. The van der Waals surface area contributed by atoms with Gasteiger partial charge in [-0.3, -0.25) is 4.98 Å². The molecule has 0 unspecified atom stereocenters. The Labute approximate surface area is 110 Å². The Morgan fingerprint density at radius 2 is 2.00 bits per heavy atom. The van der Waals surface area contributed by atoms with E-state index in [0.717, 1.165) is 16.5 Å². The predicted molar refractivity (Wildman–Crippen MR) is 72.4 cm³/mol. The SMILES string of the molecule is COc1nc(-c2ccc3ncccc3c2)[nH]c1OC. The topological polar surface area (TPSA) is 60.0 Å². The van der Waals surface area contributed by atoms with E-state index in [4.69, 9.17) is 9.47 Å². The van der Waals surface area contributed by atoms with Gasteiger partial charge < -0.3 is 14.5 Å². The Bertz CT molecular complexity index is 700. The molecule has 0 saturated carbocycles. The summed E-state index contributed by atoms with van der Waals surface area (Å²) in [4.78, 5) is 11.7. The normalized spacial score (nSPS) is 10.6. The van der Waals surface area contributed by atoms with Crippen molar-refractivity contribution in [3.8, 4) is 23.1 Å². The number of hydrogen-bond acceptors (Lipinski definition) is 4. The molecular formula is C14H13N3O2. The molecule has 0 fully saturated rings. The molecule has 19 heavy (non-hydrogen) atoms. The first-order chi connectivity index (χ1) is 9.31. The van der Waals surface area contributed by atoms with Gasteiger partial charge in [-0.25, -0.2) is 0 Å². The number of nitrogens with one attached hydrogen (secondary N) is 1. The zero-order chi connectivity index (χ0) is 13.2. The fourth-order valence-electron chi connectivity index (χ4n) is 1.98. The highest BCUT2D eigenvalue weighted by Crippen LogP contribution is 2.29. The lowest BCUT2D eigenvalue weighted by atomic mass is 10.1. The predicted octanol–water partition coefficient (Wildman–Crippen LogP) is 2.64. The van der Waals surface area contributed by atoms with E-state index in [9.17, 15) is 0 Å². The van der Waals surface area contributed by atoms with Gasteiger partial charge in [-0.2, -0.15) is 4.98 Å². The van der Waals surface area contributed by atoms with Crippen molar-refractivity contribution in [1.29, 1.82) is 0 Å².